The molecule has 4 rings (SSSR count). The lowest BCUT2D eigenvalue weighted by molar-refractivity contribution is -0.706. The van der Waals surface area contributed by atoms with Gasteiger partial charge in [0.1, 0.15) is 0 Å². The van der Waals surface area contributed by atoms with Gasteiger partial charge in [0.2, 0.25) is 21.2 Å². The van der Waals surface area contributed by atoms with Crippen molar-refractivity contribution >= 4 is 29.9 Å². The van der Waals surface area contributed by atoms with Gasteiger partial charge in [0.15, 0.2) is 11.9 Å². The van der Waals surface area contributed by atoms with Crippen LogP contribution in [-0.4, -0.2) is 49.9 Å². The van der Waals surface area contributed by atoms with Crippen molar-refractivity contribution in [1.82, 2.24) is 20.0 Å². The Morgan fingerprint density at radius 3 is 1.27 bits per heavy atom. The summed E-state index contributed by atoms with van der Waals surface area (Å²) in [4.78, 5) is -0.384. The maximum Gasteiger partial charge on any atom is 0.368 e. The average Bonchev–Trinajstić information content (AvgIpc) is 3.47. The molecule has 4 aromatic rings. The van der Waals surface area contributed by atoms with E-state index in [1.54, 1.807) is 0 Å². The van der Waals surface area contributed by atoms with Gasteiger partial charge in [-0.1, -0.05) is 0 Å². The van der Waals surface area contributed by atoms with E-state index >= 15 is 0 Å². The first-order chi connectivity index (χ1) is 17.3. The summed E-state index contributed by atoms with van der Waals surface area (Å²) >= 11 is 0. The number of sulfonamides is 2. The van der Waals surface area contributed by atoms with E-state index in [1.807, 2.05) is 9.44 Å². The standard InChI is InChI=1S/C18H16N6O10S3/c1-19-36(29,30)15-17(25)33-21-23(15)11-3-7-13(8-4-11)35(27,28)14-9-5-12(6-10-14)24-16(18(26)34-22-24)37(31,32)20-2/h3-10,19-20H,1-2H3. The Morgan fingerprint density at radius 1 is 0.649 bits per heavy atom. The van der Waals surface area contributed by atoms with Gasteiger partial charge in [-0.3, -0.25) is 0 Å². The molecule has 0 spiro atoms. The summed E-state index contributed by atoms with van der Waals surface area (Å²) in [5.41, 5.74) is 0.0613. The fourth-order valence-corrected chi connectivity index (χ4v) is 6.01. The largest absolute Gasteiger partial charge is 0.538 e. The molecule has 0 saturated heterocycles. The van der Waals surface area contributed by atoms with Crippen LogP contribution in [0.15, 0.2) is 77.4 Å². The van der Waals surface area contributed by atoms with Crippen LogP contribution in [0.25, 0.3) is 11.4 Å². The minimum Gasteiger partial charge on any atom is -0.538 e. The van der Waals surface area contributed by atoms with Gasteiger partial charge in [-0.2, -0.15) is 0 Å². The Bertz CT molecular complexity index is 1670. The SMILES string of the molecule is CNS(=O)(=O)c1c([O-])on[n+]1-c1ccc(S(=O)(=O)c2ccc(-[n+]3noc([O-])c3S(=O)(=O)NC)cc2)cc1. The van der Waals surface area contributed by atoms with Crippen LogP contribution in [0.4, 0.5) is 0 Å². The van der Waals surface area contributed by atoms with Gasteiger partial charge in [0.05, 0.1) is 20.3 Å². The molecule has 0 aliphatic rings. The quantitative estimate of drug-likeness (QED) is 0.201. The van der Waals surface area contributed by atoms with Crippen molar-refractivity contribution < 1.29 is 53.9 Å². The smallest absolute Gasteiger partial charge is 0.368 e. The Balaban J connectivity index is 1.68. The third-order valence-electron chi connectivity index (χ3n) is 4.97. The van der Waals surface area contributed by atoms with E-state index in [4.69, 9.17) is 0 Å². The Labute approximate surface area is 209 Å². The highest BCUT2D eigenvalue weighted by atomic mass is 32.2. The maximum absolute atomic E-state index is 13.1. The van der Waals surface area contributed by atoms with E-state index in [-0.39, 0.29) is 21.2 Å². The van der Waals surface area contributed by atoms with Crippen LogP contribution in [0.5, 0.6) is 11.9 Å². The zero-order valence-electron chi connectivity index (χ0n) is 18.7. The lowest BCUT2D eigenvalue weighted by atomic mass is 10.3. The Morgan fingerprint density at radius 2 is 0.973 bits per heavy atom. The summed E-state index contributed by atoms with van der Waals surface area (Å²) in [6.45, 7) is 0. The molecule has 196 valence electrons. The summed E-state index contributed by atoms with van der Waals surface area (Å²) in [5.74, 6) is -2.43. The molecule has 0 aliphatic carbocycles. The highest BCUT2D eigenvalue weighted by Gasteiger charge is 2.34. The molecule has 2 aromatic carbocycles. The van der Waals surface area contributed by atoms with Crippen molar-refractivity contribution in [2.45, 2.75) is 19.8 Å². The minimum absolute atomic E-state index is 0.0306. The molecular formula is C18H16N6O10S3. The summed E-state index contributed by atoms with van der Waals surface area (Å²) in [6.07, 6.45) is 0. The summed E-state index contributed by atoms with van der Waals surface area (Å²) < 4.78 is 88.9. The van der Waals surface area contributed by atoms with Gasteiger partial charge in [-0.25, -0.2) is 34.7 Å². The zero-order chi connectivity index (χ0) is 27.2. The monoisotopic (exact) mass is 572 g/mol. The first kappa shape index (κ1) is 26.2. The van der Waals surface area contributed by atoms with Gasteiger partial charge in [0, 0.05) is 24.3 Å². The van der Waals surface area contributed by atoms with E-state index in [0.717, 1.165) is 38.4 Å². The number of aromatic nitrogens is 4. The Kier molecular flexibility index (Phi) is 6.50. The second-order valence-electron chi connectivity index (χ2n) is 7.06. The third-order valence-corrected chi connectivity index (χ3v) is 9.53. The molecule has 0 atom stereocenters. The summed E-state index contributed by atoms with van der Waals surface area (Å²) in [7, 11) is -10.4. The molecule has 0 bridgehead atoms. The van der Waals surface area contributed by atoms with Crippen molar-refractivity contribution in [3.8, 4) is 23.3 Å². The average molecular weight is 573 g/mol. The highest BCUT2D eigenvalue weighted by molar-refractivity contribution is 7.91. The number of rotatable bonds is 8. The fourth-order valence-electron chi connectivity index (χ4n) is 3.12. The molecule has 2 heterocycles. The number of nitrogens with zero attached hydrogens (tertiary/aromatic N) is 4. The molecule has 0 amide bonds. The van der Waals surface area contributed by atoms with Crippen LogP contribution in [0, 0.1) is 0 Å². The predicted octanol–water partition coefficient (Wildman–Crippen LogP) is -2.99. The minimum atomic E-state index is -4.23. The third kappa shape index (κ3) is 4.53. The summed E-state index contributed by atoms with van der Waals surface area (Å²) in [5, 5.41) is 28.8. The van der Waals surface area contributed by atoms with E-state index < -0.39 is 51.8 Å². The van der Waals surface area contributed by atoms with E-state index in [0.29, 0.717) is 9.36 Å². The highest BCUT2D eigenvalue weighted by Crippen LogP contribution is 2.23. The van der Waals surface area contributed by atoms with Crippen LogP contribution in [0.1, 0.15) is 0 Å². The van der Waals surface area contributed by atoms with Gasteiger partial charge >= 0.3 is 30.1 Å². The number of hydrogen-bond acceptors (Lipinski definition) is 12. The van der Waals surface area contributed by atoms with Crippen LogP contribution in [0.3, 0.4) is 0 Å². The van der Waals surface area contributed by atoms with Crippen LogP contribution < -0.4 is 29.0 Å². The van der Waals surface area contributed by atoms with Crippen molar-refractivity contribution in [3.05, 3.63) is 48.5 Å². The normalized spacial score (nSPS) is 12.6. The van der Waals surface area contributed by atoms with Crippen LogP contribution in [0.2, 0.25) is 0 Å². The van der Waals surface area contributed by atoms with Gasteiger partial charge in [-0.05, 0) is 47.7 Å². The number of nitrogens with one attached hydrogen (secondary N) is 2. The topological polar surface area (TPSA) is 232 Å². The van der Waals surface area contributed by atoms with Crippen molar-refractivity contribution in [2.75, 3.05) is 14.1 Å². The van der Waals surface area contributed by atoms with E-state index in [2.05, 4.69) is 19.6 Å². The molecule has 2 N–H and O–H groups in total. The number of sulfone groups is 1. The fraction of sp³-hybridized carbons (Fsp3) is 0.111. The Hall–Kier alpha value is -3.91. The molecule has 0 radical (unpaired) electrons. The molecule has 2 aromatic heterocycles. The van der Waals surface area contributed by atoms with Gasteiger partial charge < -0.3 is 19.3 Å². The lowest BCUT2D eigenvalue weighted by Gasteiger charge is -2.05. The van der Waals surface area contributed by atoms with Gasteiger partial charge in [-0.15, -0.1) is 0 Å². The molecule has 0 unspecified atom stereocenters. The molecule has 0 fully saturated rings. The van der Waals surface area contributed by atoms with E-state index in [9.17, 15) is 35.5 Å². The van der Waals surface area contributed by atoms with Crippen molar-refractivity contribution in [3.63, 3.8) is 0 Å². The molecule has 0 saturated carbocycles. The second-order valence-corrected chi connectivity index (χ2v) is 12.6. The second kappa shape index (κ2) is 9.19. The molecule has 0 aliphatic heterocycles. The molecule has 19 heteroatoms. The van der Waals surface area contributed by atoms with Crippen LogP contribution >= 0.6 is 0 Å². The van der Waals surface area contributed by atoms with E-state index in [1.165, 1.54) is 24.3 Å². The van der Waals surface area contributed by atoms with Crippen molar-refractivity contribution in [2.24, 2.45) is 0 Å². The maximum atomic E-state index is 13.1. The first-order valence-corrected chi connectivity index (χ1v) is 14.3. The molecule has 16 nitrogen and oxygen atoms in total. The summed E-state index contributed by atoms with van der Waals surface area (Å²) in [6, 6.07) is 9.51. The first-order valence-electron chi connectivity index (χ1n) is 9.84. The molecular weight excluding hydrogens is 556 g/mol. The van der Waals surface area contributed by atoms with Crippen molar-refractivity contribution in [1.29, 1.82) is 0 Å². The predicted molar refractivity (Wildman–Crippen MR) is 113 cm³/mol. The van der Waals surface area contributed by atoms with Crippen LogP contribution in [-0.2, 0) is 29.9 Å². The molecule has 37 heavy (non-hydrogen) atoms. The zero-order valence-corrected chi connectivity index (χ0v) is 21.2. The lowest BCUT2D eigenvalue weighted by Crippen LogP contribution is -2.41. The number of benzene rings is 2. The van der Waals surface area contributed by atoms with Gasteiger partial charge in [0.25, 0.3) is 0 Å². The number of hydrogen-bond donors (Lipinski definition) is 2.